The lowest BCUT2D eigenvalue weighted by Crippen LogP contribution is -2.12. The molecule has 0 saturated heterocycles. The Balaban J connectivity index is 2.15. The summed E-state index contributed by atoms with van der Waals surface area (Å²) in [6.45, 7) is 4.30. The second-order valence-electron chi connectivity index (χ2n) is 4.28. The third kappa shape index (κ3) is 3.01. The number of anilines is 1. The predicted molar refractivity (Wildman–Crippen MR) is 76.2 cm³/mol. The highest BCUT2D eigenvalue weighted by molar-refractivity contribution is 9.10. The second-order valence-corrected chi connectivity index (χ2v) is 6.14. The molecular formula is C12H14BrFN2S. The van der Waals surface area contributed by atoms with Crippen molar-refractivity contribution in [2.75, 3.05) is 11.1 Å². The maximum absolute atomic E-state index is 13.6. The standard InChI is InChI=1S/C12H14BrFN2S/c1-7(2)10-6-17-12(15-10)16-11-8(13)4-3-5-9(11)14/h3-5,7,10H,6H2,1-2H3,(H,15,16). The van der Waals surface area contributed by atoms with E-state index >= 15 is 0 Å². The van der Waals surface area contributed by atoms with Crippen LogP contribution in [0.4, 0.5) is 10.1 Å². The zero-order valence-corrected chi connectivity index (χ0v) is 12.1. The molecule has 2 nitrogen and oxygen atoms in total. The first-order valence-corrected chi connectivity index (χ1v) is 7.27. The van der Waals surface area contributed by atoms with Gasteiger partial charge in [0.1, 0.15) is 5.82 Å². The van der Waals surface area contributed by atoms with Crippen LogP contribution in [0.15, 0.2) is 27.7 Å². The molecule has 1 aliphatic rings. The van der Waals surface area contributed by atoms with Crippen molar-refractivity contribution >= 4 is 38.5 Å². The molecule has 0 radical (unpaired) electrons. The molecule has 0 bridgehead atoms. The Morgan fingerprint density at radius 3 is 2.88 bits per heavy atom. The molecule has 0 aromatic heterocycles. The molecule has 0 aliphatic carbocycles. The van der Waals surface area contributed by atoms with Gasteiger partial charge in [0.05, 0.1) is 11.7 Å². The third-order valence-corrected chi connectivity index (χ3v) is 4.29. The van der Waals surface area contributed by atoms with Crippen molar-refractivity contribution in [3.05, 3.63) is 28.5 Å². The number of thioether (sulfide) groups is 1. The van der Waals surface area contributed by atoms with Gasteiger partial charge in [-0.1, -0.05) is 31.7 Å². The number of nitrogens with one attached hydrogen (secondary N) is 1. The summed E-state index contributed by atoms with van der Waals surface area (Å²) in [5, 5.41) is 3.85. The summed E-state index contributed by atoms with van der Waals surface area (Å²) >= 11 is 4.97. The summed E-state index contributed by atoms with van der Waals surface area (Å²) in [5.74, 6) is 1.22. The van der Waals surface area contributed by atoms with Gasteiger partial charge in [0.15, 0.2) is 5.17 Å². The average Bonchev–Trinajstić information content (AvgIpc) is 2.72. The van der Waals surface area contributed by atoms with Crippen LogP contribution in [0.2, 0.25) is 0 Å². The van der Waals surface area contributed by atoms with Gasteiger partial charge < -0.3 is 5.32 Å². The quantitative estimate of drug-likeness (QED) is 0.887. The van der Waals surface area contributed by atoms with E-state index in [0.29, 0.717) is 22.1 Å². The minimum absolute atomic E-state index is 0.268. The Hall–Kier alpha value is -0.550. The van der Waals surface area contributed by atoms with Crippen molar-refractivity contribution in [3.63, 3.8) is 0 Å². The molecule has 0 spiro atoms. The van der Waals surface area contributed by atoms with Gasteiger partial charge in [-0.05, 0) is 34.0 Å². The first-order chi connectivity index (χ1) is 8.08. The molecule has 1 atom stereocenters. The topological polar surface area (TPSA) is 24.4 Å². The number of halogens is 2. The smallest absolute Gasteiger partial charge is 0.161 e. The van der Waals surface area contributed by atoms with Crippen molar-refractivity contribution < 1.29 is 4.39 Å². The Kier molecular flexibility index (Phi) is 4.09. The fraction of sp³-hybridized carbons (Fsp3) is 0.417. The van der Waals surface area contributed by atoms with Gasteiger partial charge in [0.25, 0.3) is 0 Å². The molecule has 1 heterocycles. The number of hydrogen-bond acceptors (Lipinski definition) is 3. The van der Waals surface area contributed by atoms with Gasteiger partial charge >= 0.3 is 0 Å². The Bertz CT molecular complexity index is 428. The number of benzene rings is 1. The van der Waals surface area contributed by atoms with E-state index in [1.807, 2.05) is 6.07 Å². The van der Waals surface area contributed by atoms with Crippen LogP contribution in [0.1, 0.15) is 13.8 Å². The van der Waals surface area contributed by atoms with Crippen LogP contribution in [0.5, 0.6) is 0 Å². The van der Waals surface area contributed by atoms with E-state index in [2.05, 4.69) is 40.1 Å². The number of hydrogen-bond donors (Lipinski definition) is 1. The maximum atomic E-state index is 13.6. The highest BCUT2D eigenvalue weighted by Crippen LogP contribution is 2.29. The molecule has 17 heavy (non-hydrogen) atoms. The highest BCUT2D eigenvalue weighted by atomic mass is 79.9. The second kappa shape index (κ2) is 5.40. The molecule has 0 saturated carbocycles. The largest absolute Gasteiger partial charge is 0.332 e. The van der Waals surface area contributed by atoms with Crippen LogP contribution < -0.4 is 5.32 Å². The normalized spacial score (nSPS) is 19.6. The molecule has 2 rings (SSSR count). The summed E-state index contributed by atoms with van der Waals surface area (Å²) < 4.78 is 14.3. The highest BCUT2D eigenvalue weighted by Gasteiger charge is 2.22. The Morgan fingerprint density at radius 2 is 2.29 bits per heavy atom. The SMILES string of the molecule is CC(C)C1CSC(Nc2c(F)cccc2Br)=N1. The summed E-state index contributed by atoms with van der Waals surface area (Å²) in [6.07, 6.45) is 0. The summed E-state index contributed by atoms with van der Waals surface area (Å²) in [7, 11) is 0. The van der Waals surface area contributed by atoms with Crippen LogP contribution in [-0.4, -0.2) is 17.0 Å². The first kappa shape index (κ1) is 12.9. The van der Waals surface area contributed by atoms with Crippen molar-refractivity contribution in [1.29, 1.82) is 0 Å². The van der Waals surface area contributed by atoms with E-state index in [0.717, 1.165) is 10.9 Å². The molecule has 0 fully saturated rings. The fourth-order valence-electron chi connectivity index (χ4n) is 1.52. The zero-order valence-electron chi connectivity index (χ0n) is 9.71. The molecule has 1 aromatic carbocycles. The van der Waals surface area contributed by atoms with Crippen molar-refractivity contribution in [1.82, 2.24) is 0 Å². The van der Waals surface area contributed by atoms with Gasteiger partial charge in [0.2, 0.25) is 0 Å². The van der Waals surface area contributed by atoms with Gasteiger partial charge in [0, 0.05) is 10.2 Å². The van der Waals surface area contributed by atoms with Gasteiger partial charge in [-0.3, -0.25) is 4.99 Å². The Morgan fingerprint density at radius 1 is 1.53 bits per heavy atom. The molecule has 1 N–H and O–H groups in total. The van der Waals surface area contributed by atoms with Crippen molar-refractivity contribution in [2.45, 2.75) is 19.9 Å². The van der Waals surface area contributed by atoms with Gasteiger partial charge in [-0.15, -0.1) is 0 Å². The minimum atomic E-state index is -0.268. The number of rotatable bonds is 2. The van der Waals surface area contributed by atoms with E-state index in [9.17, 15) is 4.39 Å². The molecule has 92 valence electrons. The first-order valence-electron chi connectivity index (χ1n) is 5.49. The molecule has 0 amide bonds. The monoisotopic (exact) mass is 316 g/mol. The lowest BCUT2D eigenvalue weighted by atomic mass is 10.1. The van der Waals surface area contributed by atoms with Crippen LogP contribution in [0.25, 0.3) is 0 Å². The van der Waals surface area contributed by atoms with Gasteiger partial charge in [-0.2, -0.15) is 0 Å². The lowest BCUT2D eigenvalue weighted by molar-refractivity contribution is 0.543. The summed E-state index contributed by atoms with van der Waals surface area (Å²) in [6, 6.07) is 5.25. The number of nitrogens with zero attached hydrogens (tertiary/aromatic N) is 1. The Labute approximate surface area is 113 Å². The van der Waals surface area contributed by atoms with Crippen LogP contribution >= 0.6 is 27.7 Å². The van der Waals surface area contributed by atoms with Crippen molar-refractivity contribution in [2.24, 2.45) is 10.9 Å². The fourth-order valence-corrected chi connectivity index (χ4v) is 3.14. The summed E-state index contributed by atoms with van der Waals surface area (Å²) in [5.41, 5.74) is 0.461. The zero-order chi connectivity index (χ0) is 12.4. The third-order valence-electron chi connectivity index (χ3n) is 2.64. The predicted octanol–water partition coefficient (Wildman–Crippen LogP) is 4.13. The van der Waals surface area contributed by atoms with Crippen LogP contribution in [-0.2, 0) is 0 Å². The number of amidine groups is 1. The number of aliphatic imine (C=N–C) groups is 1. The molecular weight excluding hydrogens is 303 g/mol. The van der Waals surface area contributed by atoms with Crippen molar-refractivity contribution in [3.8, 4) is 0 Å². The minimum Gasteiger partial charge on any atom is -0.332 e. The summed E-state index contributed by atoms with van der Waals surface area (Å²) in [4.78, 5) is 4.55. The van der Waals surface area contributed by atoms with Crippen LogP contribution in [0.3, 0.4) is 0 Å². The van der Waals surface area contributed by atoms with E-state index in [1.165, 1.54) is 6.07 Å². The molecule has 5 heteroatoms. The molecule has 1 aromatic rings. The average molecular weight is 317 g/mol. The van der Waals surface area contributed by atoms with E-state index in [4.69, 9.17) is 0 Å². The molecule has 1 unspecified atom stereocenters. The van der Waals surface area contributed by atoms with E-state index in [1.54, 1.807) is 17.8 Å². The van der Waals surface area contributed by atoms with Crippen LogP contribution in [0, 0.1) is 11.7 Å². The van der Waals surface area contributed by atoms with Gasteiger partial charge in [-0.25, -0.2) is 4.39 Å². The van der Waals surface area contributed by atoms with E-state index < -0.39 is 0 Å². The van der Waals surface area contributed by atoms with E-state index in [-0.39, 0.29) is 5.82 Å². The maximum Gasteiger partial charge on any atom is 0.161 e. The lowest BCUT2D eigenvalue weighted by Gasteiger charge is -2.09. The molecule has 1 aliphatic heterocycles. The number of para-hydroxylation sites is 1.